The topological polar surface area (TPSA) is 58.6 Å². The second-order valence-electron chi connectivity index (χ2n) is 6.84. The van der Waals surface area contributed by atoms with E-state index in [4.69, 9.17) is 9.84 Å². The first-order valence-corrected chi connectivity index (χ1v) is 9.65. The maximum Gasteiger partial charge on any atom is 0.207 e. The Kier molecular flexibility index (Phi) is 11.6. The fraction of sp³-hybridized carbons (Fsp3) is 0.435. The zero-order chi connectivity index (χ0) is 19.9. The number of benzene rings is 2. The smallest absolute Gasteiger partial charge is 0.207 e. The number of aliphatic hydroxyl groups is 1. The number of nitrogens with one attached hydrogen (secondary N) is 1. The number of hydrogen-bond donors (Lipinski definition) is 2. The molecule has 27 heavy (non-hydrogen) atoms. The number of carbonyl (C=O) groups excluding carboxylic acids is 1. The van der Waals surface area contributed by atoms with Gasteiger partial charge in [0.15, 0.2) is 0 Å². The summed E-state index contributed by atoms with van der Waals surface area (Å²) in [6, 6.07) is 17.8. The van der Waals surface area contributed by atoms with Crippen molar-refractivity contribution in [2.45, 2.75) is 46.1 Å². The van der Waals surface area contributed by atoms with Crippen LogP contribution >= 0.6 is 0 Å². The molecule has 4 heteroatoms. The molecular weight excluding hydrogens is 338 g/mol. The number of carbonyl (C=O) groups is 1. The molecule has 2 atom stereocenters. The molecule has 2 rings (SSSR count). The van der Waals surface area contributed by atoms with E-state index in [1.165, 1.54) is 12.8 Å². The highest BCUT2D eigenvalue weighted by molar-refractivity contribution is 5.46. The van der Waals surface area contributed by atoms with Crippen molar-refractivity contribution in [3.8, 4) is 5.75 Å². The fourth-order valence-corrected chi connectivity index (χ4v) is 2.57. The largest absolute Gasteiger partial charge is 0.493 e. The van der Waals surface area contributed by atoms with E-state index in [1.54, 1.807) is 0 Å². The third kappa shape index (κ3) is 9.80. The molecule has 1 amide bonds. The molecule has 2 aromatic rings. The van der Waals surface area contributed by atoms with Crippen molar-refractivity contribution in [1.82, 2.24) is 5.32 Å². The summed E-state index contributed by atoms with van der Waals surface area (Å²) in [4.78, 5) is 9.87. The maximum absolute atomic E-state index is 9.87. The lowest BCUT2D eigenvalue weighted by atomic mass is 10.0. The van der Waals surface area contributed by atoms with Crippen LogP contribution in [0.3, 0.4) is 0 Å². The van der Waals surface area contributed by atoms with Gasteiger partial charge >= 0.3 is 0 Å². The number of hydrogen-bond acceptors (Lipinski definition) is 3. The van der Waals surface area contributed by atoms with Crippen molar-refractivity contribution in [1.29, 1.82) is 0 Å². The van der Waals surface area contributed by atoms with E-state index in [0.717, 1.165) is 23.5 Å². The highest BCUT2D eigenvalue weighted by Gasteiger charge is 2.05. The molecule has 0 aliphatic carbocycles. The van der Waals surface area contributed by atoms with Gasteiger partial charge in [-0.25, -0.2) is 0 Å². The number of aliphatic hydroxyl groups excluding tert-OH is 1. The molecule has 0 saturated heterocycles. The van der Waals surface area contributed by atoms with Crippen LogP contribution in [0.4, 0.5) is 0 Å². The third-order valence-electron chi connectivity index (χ3n) is 4.27. The Morgan fingerprint density at radius 3 is 2.30 bits per heavy atom. The van der Waals surface area contributed by atoms with E-state index in [1.807, 2.05) is 61.5 Å². The van der Waals surface area contributed by atoms with Gasteiger partial charge in [0.25, 0.3) is 0 Å². The van der Waals surface area contributed by atoms with Crippen molar-refractivity contribution in [3.05, 3.63) is 65.7 Å². The summed E-state index contributed by atoms with van der Waals surface area (Å²) in [5.41, 5.74) is 2.27. The predicted molar refractivity (Wildman–Crippen MR) is 111 cm³/mol. The van der Waals surface area contributed by atoms with Crippen LogP contribution in [-0.4, -0.2) is 24.7 Å². The van der Waals surface area contributed by atoms with Crippen molar-refractivity contribution < 1.29 is 14.6 Å². The van der Waals surface area contributed by atoms with Gasteiger partial charge in [-0.15, -0.1) is 0 Å². The van der Waals surface area contributed by atoms with Crippen LogP contribution in [-0.2, 0) is 11.3 Å². The molecule has 148 valence electrons. The molecule has 0 spiro atoms. The van der Waals surface area contributed by atoms with Crippen LogP contribution in [0.25, 0.3) is 0 Å². The molecule has 0 radical (unpaired) electrons. The molecule has 0 aliphatic heterocycles. The molecule has 0 fully saturated rings. The van der Waals surface area contributed by atoms with Gasteiger partial charge in [0, 0.05) is 19.1 Å². The normalized spacial score (nSPS) is 12.3. The minimum atomic E-state index is 0.188. The number of ether oxygens (including phenoxy) is 1. The molecule has 2 N–H and O–H groups in total. The van der Waals surface area contributed by atoms with Crippen molar-refractivity contribution in [2.24, 2.45) is 5.92 Å². The molecule has 2 aromatic carbocycles. The van der Waals surface area contributed by atoms with E-state index >= 15 is 0 Å². The molecule has 4 nitrogen and oxygen atoms in total. The van der Waals surface area contributed by atoms with Crippen LogP contribution in [0.2, 0.25) is 0 Å². The van der Waals surface area contributed by atoms with E-state index in [-0.39, 0.29) is 12.5 Å². The monoisotopic (exact) mass is 371 g/mol. The number of amides is 1. The second kappa shape index (κ2) is 13.8. The van der Waals surface area contributed by atoms with Crippen LogP contribution in [0.1, 0.15) is 50.7 Å². The first-order chi connectivity index (χ1) is 13.1. The molecule has 2 unspecified atom stereocenters. The standard InChI is InChI=1S/C15H24O2.C8H9NO/c1-4-5-12(2)11-17-15-8-6-14(7-9-15)13(3)10-16;10-7-9-6-8-4-2-1-3-5-8/h6-9,12-13,16H,4-5,10-11H2,1-3H3;1-5,7H,6H2,(H,9,10). The summed E-state index contributed by atoms with van der Waals surface area (Å²) >= 11 is 0. The van der Waals surface area contributed by atoms with Gasteiger partial charge < -0.3 is 15.2 Å². The minimum absolute atomic E-state index is 0.188. The Bertz CT molecular complexity index is 613. The summed E-state index contributed by atoms with van der Waals surface area (Å²) in [7, 11) is 0. The van der Waals surface area contributed by atoms with E-state index in [0.29, 0.717) is 18.9 Å². The highest BCUT2D eigenvalue weighted by atomic mass is 16.5. The van der Waals surface area contributed by atoms with Crippen molar-refractivity contribution in [2.75, 3.05) is 13.2 Å². The maximum atomic E-state index is 9.87. The lowest BCUT2D eigenvalue weighted by Crippen LogP contribution is -2.09. The third-order valence-corrected chi connectivity index (χ3v) is 4.27. The summed E-state index contributed by atoms with van der Waals surface area (Å²) in [6.07, 6.45) is 3.12. The first-order valence-electron chi connectivity index (χ1n) is 9.65. The summed E-state index contributed by atoms with van der Waals surface area (Å²) in [5, 5.41) is 11.6. The Morgan fingerprint density at radius 2 is 1.74 bits per heavy atom. The molecule has 0 saturated carbocycles. The molecule has 0 heterocycles. The zero-order valence-electron chi connectivity index (χ0n) is 16.7. The zero-order valence-corrected chi connectivity index (χ0v) is 16.7. The molecule has 0 aromatic heterocycles. The fourth-order valence-electron chi connectivity index (χ4n) is 2.57. The predicted octanol–water partition coefficient (Wildman–Crippen LogP) is 4.53. The van der Waals surface area contributed by atoms with E-state index in [9.17, 15) is 4.79 Å². The lowest BCUT2D eigenvalue weighted by Gasteiger charge is -2.13. The summed E-state index contributed by atoms with van der Waals surface area (Å²) < 4.78 is 5.73. The van der Waals surface area contributed by atoms with Crippen molar-refractivity contribution in [3.63, 3.8) is 0 Å². The highest BCUT2D eigenvalue weighted by Crippen LogP contribution is 2.19. The van der Waals surface area contributed by atoms with E-state index < -0.39 is 0 Å². The lowest BCUT2D eigenvalue weighted by molar-refractivity contribution is -0.109. The first kappa shape index (κ1) is 22.7. The summed E-state index contributed by atoms with van der Waals surface area (Å²) in [5.74, 6) is 1.72. The second-order valence-corrected chi connectivity index (χ2v) is 6.84. The van der Waals surface area contributed by atoms with Gasteiger partial charge in [0.1, 0.15) is 5.75 Å². The van der Waals surface area contributed by atoms with Crippen LogP contribution in [0, 0.1) is 5.92 Å². The Labute approximate surface area is 163 Å². The van der Waals surface area contributed by atoms with Gasteiger partial charge in [0.2, 0.25) is 6.41 Å². The average Bonchev–Trinajstić information content (AvgIpc) is 2.72. The van der Waals surface area contributed by atoms with Gasteiger partial charge in [-0.3, -0.25) is 4.79 Å². The summed E-state index contributed by atoms with van der Waals surface area (Å²) in [6.45, 7) is 8.01. The Morgan fingerprint density at radius 1 is 1.07 bits per heavy atom. The van der Waals surface area contributed by atoms with Gasteiger partial charge in [0.05, 0.1) is 6.61 Å². The van der Waals surface area contributed by atoms with E-state index in [2.05, 4.69) is 19.2 Å². The molecule has 0 bridgehead atoms. The van der Waals surface area contributed by atoms with Gasteiger partial charge in [-0.2, -0.15) is 0 Å². The van der Waals surface area contributed by atoms with Gasteiger partial charge in [-0.1, -0.05) is 69.7 Å². The quantitative estimate of drug-likeness (QED) is 0.603. The van der Waals surface area contributed by atoms with Crippen LogP contribution in [0.5, 0.6) is 5.75 Å². The SMILES string of the molecule is CCCC(C)COc1ccc(C(C)CO)cc1.O=CNCc1ccccc1. The van der Waals surface area contributed by atoms with Crippen LogP contribution in [0.15, 0.2) is 54.6 Å². The number of rotatable bonds is 10. The molecule has 0 aliphatic rings. The molecular formula is C23H33NO3. The van der Waals surface area contributed by atoms with Crippen LogP contribution < -0.4 is 10.1 Å². The Balaban J connectivity index is 0.000000309. The van der Waals surface area contributed by atoms with Gasteiger partial charge in [-0.05, 0) is 35.6 Å². The van der Waals surface area contributed by atoms with Crippen molar-refractivity contribution >= 4 is 6.41 Å². The Hall–Kier alpha value is -2.33. The average molecular weight is 372 g/mol. The minimum Gasteiger partial charge on any atom is -0.493 e.